The minimum Gasteiger partial charge on any atom is -0.467 e. The number of hydrogen-bond donors (Lipinski definition) is 3. The van der Waals surface area contributed by atoms with E-state index in [4.69, 9.17) is 4.42 Å². The van der Waals surface area contributed by atoms with Crippen LogP contribution in [0.25, 0.3) is 0 Å². The average molecular weight is 401 g/mol. The lowest BCUT2D eigenvalue weighted by molar-refractivity contribution is -0.0501. The molecule has 0 fully saturated rings. The first kappa shape index (κ1) is 19.9. The summed E-state index contributed by atoms with van der Waals surface area (Å²) in [5.41, 5.74) is 0.900. The van der Waals surface area contributed by atoms with Crippen molar-refractivity contribution in [2.45, 2.75) is 13.2 Å². The van der Waals surface area contributed by atoms with Gasteiger partial charge in [0.25, 0.3) is 5.91 Å². The van der Waals surface area contributed by atoms with Crippen LogP contribution in [0.2, 0.25) is 0 Å². The second-order valence-corrected chi connectivity index (χ2v) is 5.79. The molecule has 0 aliphatic rings. The van der Waals surface area contributed by atoms with Gasteiger partial charge in [-0.1, -0.05) is 12.1 Å². The van der Waals surface area contributed by atoms with Gasteiger partial charge in [0, 0.05) is 11.4 Å². The highest BCUT2D eigenvalue weighted by atomic mass is 19.3. The molecule has 1 heterocycles. The van der Waals surface area contributed by atoms with Crippen LogP contribution in [-0.4, -0.2) is 18.5 Å². The van der Waals surface area contributed by atoms with Gasteiger partial charge in [-0.3, -0.25) is 4.79 Å². The molecule has 0 saturated heterocycles. The highest BCUT2D eigenvalue weighted by Crippen LogP contribution is 2.22. The van der Waals surface area contributed by atoms with E-state index in [9.17, 15) is 18.4 Å². The van der Waals surface area contributed by atoms with Gasteiger partial charge in [-0.05, 0) is 48.5 Å². The summed E-state index contributed by atoms with van der Waals surface area (Å²) < 4.78 is 34.4. The van der Waals surface area contributed by atoms with Gasteiger partial charge < -0.3 is 25.1 Å². The van der Waals surface area contributed by atoms with Gasteiger partial charge in [0.05, 0.1) is 18.4 Å². The van der Waals surface area contributed by atoms with E-state index in [1.807, 2.05) is 0 Å². The number of amides is 3. The van der Waals surface area contributed by atoms with Gasteiger partial charge in [-0.2, -0.15) is 8.78 Å². The van der Waals surface area contributed by atoms with Gasteiger partial charge in [0.15, 0.2) is 0 Å². The third kappa shape index (κ3) is 5.80. The smallest absolute Gasteiger partial charge is 0.387 e. The zero-order valence-corrected chi connectivity index (χ0v) is 15.0. The number of rotatable bonds is 7. The first-order chi connectivity index (χ1) is 14.0. The zero-order chi connectivity index (χ0) is 20.6. The number of urea groups is 1. The van der Waals surface area contributed by atoms with Crippen molar-refractivity contribution >= 4 is 23.3 Å². The molecule has 0 unspecified atom stereocenters. The molecule has 1 aromatic heterocycles. The monoisotopic (exact) mass is 401 g/mol. The molecular formula is C20H17F2N3O4. The van der Waals surface area contributed by atoms with Crippen molar-refractivity contribution in [3.05, 3.63) is 78.3 Å². The molecule has 3 amide bonds. The summed E-state index contributed by atoms with van der Waals surface area (Å²) in [5, 5.41) is 7.87. The third-order valence-corrected chi connectivity index (χ3v) is 3.75. The number of anilines is 2. The first-order valence-corrected chi connectivity index (χ1v) is 8.54. The first-order valence-electron chi connectivity index (χ1n) is 8.54. The van der Waals surface area contributed by atoms with Crippen molar-refractivity contribution in [3.63, 3.8) is 0 Å². The van der Waals surface area contributed by atoms with Crippen LogP contribution in [0.3, 0.4) is 0 Å². The fourth-order valence-electron chi connectivity index (χ4n) is 2.44. The Balaban J connectivity index is 1.56. The Labute approximate surface area is 164 Å². The largest absolute Gasteiger partial charge is 0.467 e. The lowest BCUT2D eigenvalue weighted by atomic mass is 10.2. The number of hydrogen-bond acceptors (Lipinski definition) is 4. The molecule has 0 spiro atoms. The number of nitrogens with one attached hydrogen (secondary N) is 3. The summed E-state index contributed by atoms with van der Waals surface area (Å²) in [5.74, 6) is -0.195. The minimum atomic E-state index is -3.03. The van der Waals surface area contributed by atoms with E-state index in [-0.39, 0.29) is 17.9 Å². The normalized spacial score (nSPS) is 10.4. The molecular weight excluding hydrogens is 384 g/mol. The summed E-state index contributed by atoms with van der Waals surface area (Å²) in [6.07, 6.45) is 1.51. The lowest BCUT2D eigenvalue weighted by Gasteiger charge is -2.11. The van der Waals surface area contributed by atoms with Gasteiger partial charge in [0.1, 0.15) is 11.5 Å². The molecule has 3 N–H and O–H groups in total. The molecule has 0 aliphatic carbocycles. The number of carbonyl (C=O) groups excluding carboxylic acids is 2. The Morgan fingerprint density at radius 3 is 2.28 bits per heavy atom. The van der Waals surface area contributed by atoms with Crippen molar-refractivity contribution in [1.82, 2.24) is 5.32 Å². The standard InChI is InChI=1S/C20H17F2N3O4/c21-19(22)29-17-6-2-1-5-16(17)18(26)24-13-7-9-14(10-8-13)25-20(27)23-12-15-4-3-11-28-15/h1-11,19H,12H2,(H,24,26)(H2,23,25,27). The Kier molecular flexibility index (Phi) is 6.41. The van der Waals surface area contributed by atoms with Gasteiger partial charge in [0.2, 0.25) is 0 Å². The summed E-state index contributed by atoms with van der Waals surface area (Å²) in [6, 6.07) is 15.1. The van der Waals surface area contributed by atoms with E-state index in [0.717, 1.165) is 0 Å². The van der Waals surface area contributed by atoms with E-state index in [0.29, 0.717) is 17.1 Å². The van der Waals surface area contributed by atoms with Gasteiger partial charge in [-0.15, -0.1) is 0 Å². The van der Waals surface area contributed by atoms with E-state index >= 15 is 0 Å². The molecule has 9 heteroatoms. The zero-order valence-electron chi connectivity index (χ0n) is 15.0. The fraction of sp³-hybridized carbons (Fsp3) is 0.100. The van der Waals surface area contributed by atoms with Crippen LogP contribution < -0.4 is 20.7 Å². The van der Waals surface area contributed by atoms with Crippen LogP contribution >= 0.6 is 0 Å². The number of halogens is 2. The van der Waals surface area contributed by atoms with Crippen LogP contribution in [0.1, 0.15) is 16.1 Å². The van der Waals surface area contributed by atoms with Crippen LogP contribution in [-0.2, 0) is 6.54 Å². The van der Waals surface area contributed by atoms with Gasteiger partial charge >= 0.3 is 12.6 Å². The number of carbonyl (C=O) groups is 2. The number of alkyl halides is 2. The molecule has 0 aliphatic heterocycles. The van der Waals surface area contributed by atoms with Crippen molar-refractivity contribution in [1.29, 1.82) is 0 Å². The Bertz CT molecular complexity index is 960. The van der Waals surface area contributed by atoms with Gasteiger partial charge in [-0.25, -0.2) is 4.79 Å². The maximum Gasteiger partial charge on any atom is 0.387 e. The van der Waals surface area contributed by atoms with Crippen LogP contribution in [0.5, 0.6) is 5.75 Å². The molecule has 2 aromatic carbocycles. The van der Waals surface area contributed by atoms with Crippen molar-refractivity contribution < 1.29 is 27.5 Å². The maximum absolute atomic E-state index is 12.5. The van der Waals surface area contributed by atoms with E-state index in [1.165, 1.54) is 24.5 Å². The molecule has 150 valence electrons. The van der Waals surface area contributed by atoms with E-state index < -0.39 is 18.5 Å². The number of furan rings is 1. The molecule has 0 radical (unpaired) electrons. The number of ether oxygens (including phenoxy) is 1. The SMILES string of the molecule is O=C(NCc1ccco1)Nc1ccc(NC(=O)c2ccccc2OC(F)F)cc1. The highest BCUT2D eigenvalue weighted by molar-refractivity contribution is 6.06. The Morgan fingerprint density at radius 2 is 1.62 bits per heavy atom. The molecule has 3 rings (SSSR count). The fourth-order valence-corrected chi connectivity index (χ4v) is 2.44. The predicted molar refractivity (Wildman–Crippen MR) is 102 cm³/mol. The van der Waals surface area contributed by atoms with Crippen LogP contribution in [0.4, 0.5) is 25.0 Å². The lowest BCUT2D eigenvalue weighted by Crippen LogP contribution is -2.27. The number of para-hydroxylation sites is 1. The predicted octanol–water partition coefficient (Wildman–Crippen LogP) is 4.46. The third-order valence-electron chi connectivity index (χ3n) is 3.75. The molecule has 7 nitrogen and oxygen atoms in total. The molecule has 0 atom stereocenters. The van der Waals surface area contributed by atoms with E-state index in [2.05, 4.69) is 20.7 Å². The highest BCUT2D eigenvalue weighted by Gasteiger charge is 2.15. The number of benzene rings is 2. The summed E-state index contributed by atoms with van der Waals surface area (Å²) in [7, 11) is 0. The Hall–Kier alpha value is -3.88. The van der Waals surface area contributed by atoms with Crippen LogP contribution in [0, 0.1) is 0 Å². The minimum absolute atomic E-state index is 0.0210. The summed E-state index contributed by atoms with van der Waals surface area (Å²) in [4.78, 5) is 24.2. The van der Waals surface area contributed by atoms with Crippen LogP contribution in [0.15, 0.2) is 71.3 Å². The summed E-state index contributed by atoms with van der Waals surface area (Å²) in [6.45, 7) is -2.79. The second kappa shape index (κ2) is 9.36. The van der Waals surface area contributed by atoms with E-state index in [1.54, 1.807) is 42.5 Å². The maximum atomic E-state index is 12.5. The molecule has 29 heavy (non-hydrogen) atoms. The topological polar surface area (TPSA) is 92.6 Å². The molecule has 0 saturated carbocycles. The molecule has 0 bridgehead atoms. The van der Waals surface area contributed by atoms with Crippen molar-refractivity contribution in [3.8, 4) is 5.75 Å². The molecule has 3 aromatic rings. The second-order valence-electron chi connectivity index (χ2n) is 5.79. The quantitative estimate of drug-likeness (QED) is 0.545. The van der Waals surface area contributed by atoms with Crippen molar-refractivity contribution in [2.24, 2.45) is 0 Å². The average Bonchev–Trinajstić information content (AvgIpc) is 3.21. The van der Waals surface area contributed by atoms with Crippen molar-refractivity contribution in [2.75, 3.05) is 10.6 Å². The summed E-state index contributed by atoms with van der Waals surface area (Å²) >= 11 is 0. The Morgan fingerprint density at radius 1 is 0.931 bits per heavy atom.